The van der Waals surface area contributed by atoms with E-state index in [9.17, 15) is 8.78 Å². The van der Waals surface area contributed by atoms with Gasteiger partial charge in [0.05, 0.1) is 27.8 Å². The van der Waals surface area contributed by atoms with Gasteiger partial charge in [-0.25, -0.2) is 13.8 Å². The summed E-state index contributed by atoms with van der Waals surface area (Å²) in [5, 5.41) is 9.40. The maximum Gasteiger partial charge on any atom is 0.158 e. The van der Waals surface area contributed by atoms with Gasteiger partial charge in [0.25, 0.3) is 0 Å². The van der Waals surface area contributed by atoms with Gasteiger partial charge >= 0.3 is 0 Å². The Hall–Kier alpha value is -4.11. The quantitative estimate of drug-likeness (QED) is 0.127. The number of nitrogens with zero attached hydrogens (tertiary/aromatic N) is 3. The Bertz CT molecular complexity index is 1240. The average molecular weight is 605 g/mol. The molecule has 0 radical (unpaired) electrons. The van der Waals surface area contributed by atoms with E-state index in [0.29, 0.717) is 10.7 Å². The highest BCUT2D eigenvalue weighted by molar-refractivity contribution is 6.30. The van der Waals surface area contributed by atoms with Crippen molar-refractivity contribution in [2.24, 2.45) is 9.98 Å². The average Bonchev–Trinajstić information content (AvgIpc) is 3.01. The van der Waals surface area contributed by atoms with Crippen molar-refractivity contribution < 1.29 is 13.6 Å². The summed E-state index contributed by atoms with van der Waals surface area (Å²) in [6, 6.07) is 4.45. The second-order valence-electron chi connectivity index (χ2n) is 7.76. The van der Waals surface area contributed by atoms with Crippen LogP contribution in [0, 0.1) is 18.6 Å². The summed E-state index contributed by atoms with van der Waals surface area (Å²) in [5.41, 5.74) is 3.71. The van der Waals surface area contributed by atoms with Crippen LogP contribution in [0.2, 0.25) is 5.02 Å². The minimum absolute atomic E-state index is 0.160. The van der Waals surface area contributed by atoms with Crippen LogP contribution in [0.1, 0.15) is 52.7 Å². The lowest BCUT2D eigenvalue weighted by molar-refractivity contribution is -0.0980. The van der Waals surface area contributed by atoms with Gasteiger partial charge in [-0.3, -0.25) is 9.98 Å². The predicted molar refractivity (Wildman–Crippen MR) is 181 cm³/mol. The highest BCUT2D eigenvalue weighted by atomic mass is 35.5. The van der Waals surface area contributed by atoms with E-state index in [1.54, 1.807) is 39.5 Å². The van der Waals surface area contributed by atoms with Crippen molar-refractivity contribution >= 4 is 47.6 Å². The highest BCUT2D eigenvalue weighted by Crippen LogP contribution is 2.28. The number of amidine groups is 1. The fourth-order valence-corrected chi connectivity index (χ4v) is 3.15. The number of carbonyl (C=O) groups is 1. The summed E-state index contributed by atoms with van der Waals surface area (Å²) in [5.74, 6) is 0.286. The van der Waals surface area contributed by atoms with Gasteiger partial charge in [-0.15, -0.1) is 13.2 Å². The number of hydrogen-bond donors (Lipinski definition) is 3. The van der Waals surface area contributed by atoms with E-state index in [1.807, 2.05) is 61.4 Å². The molecule has 0 aliphatic rings. The third kappa shape index (κ3) is 14.5. The van der Waals surface area contributed by atoms with Crippen LogP contribution in [-0.2, 0) is 4.79 Å². The minimum atomic E-state index is -0.669. The first kappa shape index (κ1) is 42.4. The van der Waals surface area contributed by atoms with Crippen molar-refractivity contribution in [3.63, 3.8) is 0 Å². The lowest BCUT2D eigenvalue weighted by Gasteiger charge is -2.12. The molecule has 0 aliphatic heterocycles. The number of allylic oxidation sites excluding steroid dienone is 3. The van der Waals surface area contributed by atoms with Crippen LogP contribution in [0.25, 0.3) is 5.70 Å². The van der Waals surface area contributed by atoms with E-state index in [2.05, 4.69) is 50.7 Å². The number of benzene rings is 1. The molecule has 232 valence electrons. The second kappa shape index (κ2) is 24.7. The maximum absolute atomic E-state index is 14.5. The topological polar surface area (TPSA) is 90.8 Å². The number of halogens is 3. The zero-order valence-corrected chi connectivity index (χ0v) is 27.4. The molecule has 0 amide bonds. The number of aromatic nitrogens is 1. The summed E-state index contributed by atoms with van der Waals surface area (Å²) >= 11 is 5.68. The number of anilines is 2. The first-order chi connectivity index (χ1) is 20.0. The van der Waals surface area contributed by atoms with E-state index in [1.165, 1.54) is 12.1 Å². The van der Waals surface area contributed by atoms with E-state index in [-0.39, 0.29) is 16.9 Å². The van der Waals surface area contributed by atoms with Crippen LogP contribution >= 0.6 is 11.6 Å². The third-order valence-corrected chi connectivity index (χ3v) is 5.49. The number of hydrogen-bond acceptors (Lipinski definition) is 6. The number of carbonyl (C=O) groups excluding carboxylic acids is 1. The standard InChI is InChI=1S/C20H26F2N4.C7H9ClN2.C2H6.C2H4.CH2O/c1-8-17(19-16(21)9-10-18(24-7)20(19)22)25-11-12(2)13(3)14(4)26-15(5)23-6;1-5-3-6(8)4-10-7(5)9-2;3*1-2/h8-11,24H,4H2,1-3,5-7H3,(H,23,26);3-4H,1-2H3,(H,9,10);1-2H3;1-2H2;1H2/b13-12-,17-8-,25-11-;;;;. The van der Waals surface area contributed by atoms with Crippen LogP contribution < -0.4 is 16.0 Å². The molecule has 0 spiro atoms. The highest BCUT2D eigenvalue weighted by Gasteiger charge is 2.16. The Labute approximate surface area is 256 Å². The molecule has 7 nitrogen and oxygen atoms in total. The molecule has 1 aromatic carbocycles. The van der Waals surface area contributed by atoms with Crippen molar-refractivity contribution in [2.75, 3.05) is 31.8 Å². The van der Waals surface area contributed by atoms with Crippen LogP contribution in [0.5, 0.6) is 0 Å². The summed E-state index contributed by atoms with van der Waals surface area (Å²) < 4.78 is 28.7. The summed E-state index contributed by atoms with van der Waals surface area (Å²) in [6.45, 7) is 25.2. The molecule has 0 atom stereocenters. The maximum atomic E-state index is 14.5. The van der Waals surface area contributed by atoms with Gasteiger partial charge in [0, 0.05) is 39.3 Å². The molecular weight excluding hydrogens is 558 g/mol. The molecule has 10 heteroatoms. The van der Waals surface area contributed by atoms with Crippen LogP contribution in [0.3, 0.4) is 0 Å². The minimum Gasteiger partial charge on any atom is -0.386 e. The molecule has 0 saturated heterocycles. The van der Waals surface area contributed by atoms with Crippen molar-refractivity contribution in [1.29, 1.82) is 0 Å². The molecule has 0 fully saturated rings. The SMILES string of the molecule is C=C.C=C(NC(C)=NC)\C(C)=C(C)/C=N\C(=C/C)c1c(F)ccc(NC)c1F.C=O.CC.CNc1ncc(Cl)cc1C. The van der Waals surface area contributed by atoms with E-state index in [0.717, 1.165) is 28.4 Å². The molecule has 0 saturated carbocycles. The summed E-state index contributed by atoms with van der Waals surface area (Å²) in [6.07, 6.45) is 4.77. The van der Waals surface area contributed by atoms with Crippen molar-refractivity contribution in [3.8, 4) is 0 Å². The summed E-state index contributed by atoms with van der Waals surface area (Å²) in [4.78, 5) is 20.4. The van der Waals surface area contributed by atoms with Gasteiger partial charge in [0.1, 0.15) is 18.4 Å². The van der Waals surface area contributed by atoms with Crippen LogP contribution in [0.15, 0.2) is 77.0 Å². The van der Waals surface area contributed by atoms with Gasteiger partial charge < -0.3 is 20.7 Å². The normalized spacial score (nSPS) is 11.1. The molecule has 0 unspecified atom stereocenters. The molecule has 1 heterocycles. The lowest BCUT2D eigenvalue weighted by atomic mass is 10.1. The Morgan fingerprint density at radius 3 is 2.10 bits per heavy atom. The number of nitrogens with one attached hydrogen (secondary N) is 3. The van der Waals surface area contributed by atoms with Crippen molar-refractivity contribution in [3.05, 3.63) is 94.8 Å². The number of aryl methyl sites for hydroxylation is 1. The van der Waals surface area contributed by atoms with Crippen molar-refractivity contribution in [1.82, 2.24) is 10.3 Å². The largest absolute Gasteiger partial charge is 0.386 e. The first-order valence-corrected chi connectivity index (χ1v) is 13.4. The fraction of sp³-hybridized carbons (Fsp3) is 0.312. The van der Waals surface area contributed by atoms with E-state index < -0.39 is 11.6 Å². The lowest BCUT2D eigenvalue weighted by Crippen LogP contribution is -2.20. The first-order valence-electron chi connectivity index (χ1n) is 13.0. The fourth-order valence-electron chi connectivity index (χ4n) is 2.94. The van der Waals surface area contributed by atoms with Gasteiger partial charge in [-0.2, -0.15) is 0 Å². The summed E-state index contributed by atoms with van der Waals surface area (Å²) in [7, 11) is 5.10. The van der Waals surface area contributed by atoms with Crippen LogP contribution in [-0.4, -0.2) is 45.0 Å². The molecule has 0 aliphatic carbocycles. The molecule has 0 bridgehead atoms. The zero-order valence-electron chi connectivity index (χ0n) is 26.7. The Balaban J connectivity index is -0.000000785. The van der Waals surface area contributed by atoms with Gasteiger partial charge in [0.15, 0.2) is 5.82 Å². The van der Waals surface area contributed by atoms with Crippen molar-refractivity contribution in [2.45, 2.75) is 48.5 Å². The Morgan fingerprint density at radius 1 is 1.07 bits per heavy atom. The third-order valence-electron chi connectivity index (χ3n) is 5.28. The molecule has 2 aromatic rings. The Morgan fingerprint density at radius 2 is 1.64 bits per heavy atom. The van der Waals surface area contributed by atoms with E-state index in [4.69, 9.17) is 16.4 Å². The molecular formula is C32H47ClF2N6O. The van der Waals surface area contributed by atoms with Gasteiger partial charge in [-0.05, 0) is 69.5 Å². The molecule has 2 rings (SSSR count). The van der Waals surface area contributed by atoms with Gasteiger partial charge in [-0.1, -0.05) is 38.1 Å². The predicted octanol–water partition coefficient (Wildman–Crippen LogP) is 8.65. The van der Waals surface area contributed by atoms with Crippen LogP contribution in [0.4, 0.5) is 20.3 Å². The number of rotatable bonds is 7. The monoisotopic (exact) mass is 604 g/mol. The molecule has 3 N–H and O–H groups in total. The van der Waals surface area contributed by atoms with E-state index >= 15 is 0 Å². The van der Waals surface area contributed by atoms with Gasteiger partial charge in [0.2, 0.25) is 0 Å². The second-order valence-corrected chi connectivity index (χ2v) is 8.19. The molecule has 42 heavy (non-hydrogen) atoms. The smallest absolute Gasteiger partial charge is 0.158 e. The molecule has 1 aromatic heterocycles. The number of aliphatic imine (C=N–C) groups is 2. The zero-order chi connectivity index (χ0) is 33.4. The number of pyridine rings is 1. The Kier molecular flexibility index (Phi) is 24.9.